The second kappa shape index (κ2) is 8.16. The zero-order valence-corrected chi connectivity index (χ0v) is 15.0. The Bertz CT molecular complexity index is 866. The molecule has 0 saturated heterocycles. The molecule has 0 aliphatic carbocycles. The van der Waals surface area contributed by atoms with Gasteiger partial charge in [0.2, 0.25) is 5.75 Å². The molecular weight excluding hydrogens is 328 g/mol. The zero-order valence-electron chi connectivity index (χ0n) is 15.0. The van der Waals surface area contributed by atoms with E-state index in [0.717, 1.165) is 22.5 Å². The predicted molar refractivity (Wildman–Crippen MR) is 102 cm³/mol. The van der Waals surface area contributed by atoms with Crippen molar-refractivity contribution >= 4 is 11.4 Å². The van der Waals surface area contributed by atoms with Gasteiger partial charge in [0.1, 0.15) is 0 Å². The average Bonchev–Trinajstić information content (AvgIpc) is 2.72. The smallest absolute Gasteiger partial charge is 0.203 e. The van der Waals surface area contributed by atoms with Crippen molar-refractivity contribution in [2.24, 2.45) is 10.2 Å². The summed E-state index contributed by atoms with van der Waals surface area (Å²) in [6.07, 6.45) is 0. The molecule has 3 rings (SSSR count). The Morgan fingerprint density at radius 1 is 0.577 bits per heavy atom. The lowest BCUT2D eigenvalue weighted by Crippen LogP contribution is -1.95. The Kier molecular flexibility index (Phi) is 5.49. The SMILES string of the molecule is COc1cc(-c2ccc(N=Nc3ccccc3)cc2)cc(OC)c1OC. The lowest BCUT2D eigenvalue weighted by molar-refractivity contribution is 0.324. The van der Waals surface area contributed by atoms with Gasteiger partial charge in [-0.2, -0.15) is 10.2 Å². The summed E-state index contributed by atoms with van der Waals surface area (Å²) in [4.78, 5) is 0. The van der Waals surface area contributed by atoms with Crippen molar-refractivity contribution in [2.45, 2.75) is 0 Å². The minimum atomic E-state index is 0.576. The van der Waals surface area contributed by atoms with Crippen LogP contribution in [-0.4, -0.2) is 21.3 Å². The minimum absolute atomic E-state index is 0.576. The molecule has 0 saturated carbocycles. The highest BCUT2D eigenvalue weighted by Gasteiger charge is 2.14. The van der Waals surface area contributed by atoms with Crippen LogP contribution in [0, 0.1) is 0 Å². The highest BCUT2D eigenvalue weighted by atomic mass is 16.5. The summed E-state index contributed by atoms with van der Waals surface area (Å²) in [6.45, 7) is 0. The van der Waals surface area contributed by atoms with Gasteiger partial charge in [-0.15, -0.1) is 0 Å². The summed E-state index contributed by atoms with van der Waals surface area (Å²) in [5.74, 6) is 1.82. The molecule has 3 aromatic rings. The van der Waals surface area contributed by atoms with E-state index >= 15 is 0 Å². The van der Waals surface area contributed by atoms with Crippen LogP contribution in [0.15, 0.2) is 77.0 Å². The van der Waals surface area contributed by atoms with Crippen LogP contribution in [0.2, 0.25) is 0 Å². The maximum atomic E-state index is 5.41. The largest absolute Gasteiger partial charge is 0.493 e. The van der Waals surface area contributed by atoms with Gasteiger partial charge in [0.25, 0.3) is 0 Å². The van der Waals surface area contributed by atoms with Crippen LogP contribution in [-0.2, 0) is 0 Å². The third kappa shape index (κ3) is 3.83. The van der Waals surface area contributed by atoms with Crippen LogP contribution in [0.25, 0.3) is 11.1 Å². The first-order valence-electron chi connectivity index (χ1n) is 8.12. The maximum absolute atomic E-state index is 5.41. The van der Waals surface area contributed by atoms with Gasteiger partial charge >= 0.3 is 0 Å². The molecule has 5 nitrogen and oxygen atoms in total. The normalized spacial score (nSPS) is 10.7. The van der Waals surface area contributed by atoms with Gasteiger partial charge in [-0.05, 0) is 47.5 Å². The van der Waals surface area contributed by atoms with Crippen LogP contribution in [0.3, 0.4) is 0 Å². The molecule has 0 spiro atoms. The first kappa shape index (κ1) is 17.5. The number of azo groups is 1. The molecule has 0 fully saturated rings. The molecule has 0 unspecified atom stereocenters. The zero-order chi connectivity index (χ0) is 18.4. The molecule has 0 N–H and O–H groups in total. The van der Waals surface area contributed by atoms with E-state index in [1.165, 1.54) is 0 Å². The highest BCUT2D eigenvalue weighted by molar-refractivity contribution is 5.72. The lowest BCUT2D eigenvalue weighted by atomic mass is 10.0. The average molecular weight is 348 g/mol. The second-order valence-corrected chi connectivity index (χ2v) is 5.50. The summed E-state index contributed by atoms with van der Waals surface area (Å²) >= 11 is 0. The molecule has 0 amide bonds. The molecule has 5 heteroatoms. The quantitative estimate of drug-likeness (QED) is 0.529. The third-order valence-electron chi connectivity index (χ3n) is 3.90. The van der Waals surface area contributed by atoms with Crippen LogP contribution in [0.1, 0.15) is 0 Å². The number of hydrogen-bond acceptors (Lipinski definition) is 5. The molecule has 0 aliphatic heterocycles. The van der Waals surface area contributed by atoms with Crippen LogP contribution in [0.4, 0.5) is 11.4 Å². The topological polar surface area (TPSA) is 52.4 Å². The molecule has 3 aromatic carbocycles. The van der Waals surface area contributed by atoms with Crippen molar-refractivity contribution in [1.29, 1.82) is 0 Å². The lowest BCUT2D eigenvalue weighted by Gasteiger charge is -2.14. The van der Waals surface area contributed by atoms with Crippen molar-refractivity contribution in [2.75, 3.05) is 21.3 Å². The first-order chi connectivity index (χ1) is 12.7. The fraction of sp³-hybridized carbons (Fsp3) is 0.143. The van der Waals surface area contributed by atoms with Crippen LogP contribution >= 0.6 is 0 Å². The van der Waals surface area contributed by atoms with E-state index in [-0.39, 0.29) is 0 Å². The molecule has 0 aliphatic rings. The number of hydrogen-bond donors (Lipinski definition) is 0. The van der Waals surface area contributed by atoms with Crippen LogP contribution in [0.5, 0.6) is 17.2 Å². The molecule has 0 bridgehead atoms. The van der Waals surface area contributed by atoms with E-state index in [0.29, 0.717) is 17.2 Å². The second-order valence-electron chi connectivity index (χ2n) is 5.50. The van der Waals surface area contributed by atoms with Crippen molar-refractivity contribution in [1.82, 2.24) is 0 Å². The Hall–Kier alpha value is -3.34. The number of rotatable bonds is 6. The van der Waals surface area contributed by atoms with E-state index in [9.17, 15) is 0 Å². The van der Waals surface area contributed by atoms with Crippen molar-refractivity contribution in [3.05, 3.63) is 66.7 Å². The fourth-order valence-corrected chi connectivity index (χ4v) is 2.58. The fourth-order valence-electron chi connectivity index (χ4n) is 2.58. The van der Waals surface area contributed by atoms with Crippen molar-refractivity contribution in [3.8, 4) is 28.4 Å². The van der Waals surface area contributed by atoms with Gasteiger partial charge in [0.15, 0.2) is 11.5 Å². The van der Waals surface area contributed by atoms with E-state index < -0.39 is 0 Å². The maximum Gasteiger partial charge on any atom is 0.203 e. The summed E-state index contributed by atoms with van der Waals surface area (Å²) in [7, 11) is 4.80. The summed E-state index contributed by atoms with van der Waals surface area (Å²) < 4.78 is 16.2. The van der Waals surface area contributed by atoms with E-state index in [1.54, 1.807) is 21.3 Å². The van der Waals surface area contributed by atoms with Gasteiger partial charge in [-0.3, -0.25) is 0 Å². The molecule has 0 aromatic heterocycles. The number of ether oxygens (including phenoxy) is 3. The van der Waals surface area contributed by atoms with Crippen molar-refractivity contribution in [3.63, 3.8) is 0 Å². The summed E-state index contributed by atoms with van der Waals surface area (Å²) in [5.41, 5.74) is 3.58. The molecule has 0 heterocycles. The highest BCUT2D eigenvalue weighted by Crippen LogP contribution is 2.41. The summed E-state index contributed by atoms with van der Waals surface area (Å²) in [5, 5.41) is 8.49. The Balaban J connectivity index is 1.88. The van der Waals surface area contributed by atoms with E-state index in [1.807, 2.05) is 66.7 Å². The van der Waals surface area contributed by atoms with E-state index in [4.69, 9.17) is 14.2 Å². The molecule has 26 heavy (non-hydrogen) atoms. The minimum Gasteiger partial charge on any atom is -0.493 e. The van der Waals surface area contributed by atoms with Crippen LogP contribution < -0.4 is 14.2 Å². The monoisotopic (exact) mass is 348 g/mol. The van der Waals surface area contributed by atoms with Gasteiger partial charge in [-0.25, -0.2) is 0 Å². The molecule has 0 radical (unpaired) electrons. The predicted octanol–water partition coefficient (Wildman–Crippen LogP) is 5.79. The molecule has 132 valence electrons. The van der Waals surface area contributed by atoms with Gasteiger partial charge in [0.05, 0.1) is 32.7 Å². The third-order valence-corrected chi connectivity index (χ3v) is 3.90. The Morgan fingerprint density at radius 2 is 1.12 bits per heavy atom. The van der Waals surface area contributed by atoms with E-state index in [2.05, 4.69) is 10.2 Å². The Morgan fingerprint density at radius 3 is 1.62 bits per heavy atom. The van der Waals surface area contributed by atoms with Gasteiger partial charge < -0.3 is 14.2 Å². The molecular formula is C21H20N2O3. The standard InChI is InChI=1S/C21H20N2O3/c1-24-19-13-16(14-20(25-2)21(19)26-3)15-9-11-18(12-10-15)23-22-17-7-5-4-6-8-17/h4-14H,1-3H3. The molecule has 0 atom stereocenters. The number of methoxy groups -OCH3 is 3. The van der Waals surface area contributed by atoms with Gasteiger partial charge in [-0.1, -0.05) is 30.3 Å². The Labute approximate surface area is 152 Å². The van der Waals surface area contributed by atoms with Crippen molar-refractivity contribution < 1.29 is 14.2 Å². The number of nitrogens with zero attached hydrogens (tertiary/aromatic N) is 2. The first-order valence-corrected chi connectivity index (χ1v) is 8.12. The summed E-state index contributed by atoms with van der Waals surface area (Å²) in [6, 6.07) is 21.3. The van der Waals surface area contributed by atoms with Gasteiger partial charge in [0, 0.05) is 0 Å². The number of benzene rings is 3.